The van der Waals surface area contributed by atoms with E-state index in [1.165, 1.54) is 12.1 Å². The Labute approximate surface area is 189 Å². The van der Waals surface area contributed by atoms with Gasteiger partial charge in [0, 0.05) is 37.3 Å². The predicted octanol–water partition coefficient (Wildman–Crippen LogP) is 4.81. The standard InChI is InChI=1S/C19H18ClF3N2O3.2ClH/c20-15-10-17-16(26-11-27-17)9-14(15)18(25-7-5-24-6-8-25)12-1-3-13(4-2-12)28-19(21,22)23;;/h1-4,9-10,18,24H,5-8,11H2;2*1H/t18-;;/m0../s1. The van der Waals surface area contributed by atoms with Crippen molar-refractivity contribution in [3.8, 4) is 17.2 Å². The van der Waals surface area contributed by atoms with E-state index in [9.17, 15) is 13.2 Å². The number of nitrogens with one attached hydrogen (secondary N) is 1. The number of halogens is 6. The van der Waals surface area contributed by atoms with Gasteiger partial charge in [-0.2, -0.15) is 0 Å². The molecule has 4 rings (SSSR count). The van der Waals surface area contributed by atoms with Crippen LogP contribution in [0.2, 0.25) is 5.02 Å². The minimum Gasteiger partial charge on any atom is -0.454 e. The summed E-state index contributed by atoms with van der Waals surface area (Å²) < 4.78 is 52.2. The van der Waals surface area contributed by atoms with E-state index < -0.39 is 6.36 Å². The highest BCUT2D eigenvalue weighted by Gasteiger charge is 2.32. The first kappa shape index (κ1) is 24.7. The molecule has 1 N–H and O–H groups in total. The molecule has 2 aliphatic heterocycles. The number of alkyl halides is 3. The first-order valence-electron chi connectivity index (χ1n) is 8.80. The van der Waals surface area contributed by atoms with Crippen molar-refractivity contribution < 1.29 is 27.4 Å². The first-order valence-corrected chi connectivity index (χ1v) is 9.18. The zero-order chi connectivity index (χ0) is 19.7. The third-order valence-electron chi connectivity index (χ3n) is 4.73. The second-order valence-electron chi connectivity index (χ2n) is 6.53. The molecule has 2 aliphatic rings. The number of piperazine rings is 1. The fraction of sp³-hybridized carbons (Fsp3) is 0.368. The van der Waals surface area contributed by atoms with Gasteiger partial charge in [-0.25, -0.2) is 0 Å². The quantitative estimate of drug-likeness (QED) is 0.671. The van der Waals surface area contributed by atoms with Gasteiger partial charge in [-0.1, -0.05) is 23.7 Å². The molecule has 0 saturated carbocycles. The number of hydrogen-bond donors (Lipinski definition) is 1. The van der Waals surface area contributed by atoms with Crippen LogP contribution in [0.25, 0.3) is 0 Å². The van der Waals surface area contributed by atoms with Crippen molar-refractivity contribution in [1.29, 1.82) is 0 Å². The Bertz CT molecular complexity index is 847. The zero-order valence-corrected chi connectivity index (χ0v) is 18.0. The van der Waals surface area contributed by atoms with Gasteiger partial charge in [-0.3, -0.25) is 4.90 Å². The summed E-state index contributed by atoms with van der Waals surface area (Å²) in [7, 11) is 0. The summed E-state index contributed by atoms with van der Waals surface area (Å²) in [6.07, 6.45) is -4.72. The summed E-state index contributed by atoms with van der Waals surface area (Å²) in [5, 5.41) is 3.82. The van der Waals surface area contributed by atoms with Crippen LogP contribution in [0.1, 0.15) is 17.2 Å². The largest absolute Gasteiger partial charge is 0.573 e. The normalized spacial score (nSPS) is 16.9. The van der Waals surface area contributed by atoms with Crippen molar-refractivity contribution in [3.63, 3.8) is 0 Å². The van der Waals surface area contributed by atoms with Crippen molar-refractivity contribution in [2.24, 2.45) is 0 Å². The lowest BCUT2D eigenvalue weighted by Crippen LogP contribution is -2.45. The Hall–Kier alpha value is -1.58. The van der Waals surface area contributed by atoms with Crippen LogP contribution in [-0.4, -0.2) is 44.2 Å². The fourth-order valence-corrected chi connectivity index (χ4v) is 3.78. The number of rotatable bonds is 4. The average Bonchev–Trinajstić information content (AvgIpc) is 3.10. The smallest absolute Gasteiger partial charge is 0.454 e. The van der Waals surface area contributed by atoms with Gasteiger partial charge in [0.1, 0.15) is 5.75 Å². The molecule has 166 valence electrons. The minimum atomic E-state index is -4.72. The van der Waals surface area contributed by atoms with E-state index in [4.69, 9.17) is 21.1 Å². The predicted molar refractivity (Wildman–Crippen MR) is 111 cm³/mol. The molecule has 30 heavy (non-hydrogen) atoms. The van der Waals surface area contributed by atoms with Crippen molar-refractivity contribution >= 4 is 36.4 Å². The molecule has 0 aromatic heterocycles. The maximum Gasteiger partial charge on any atom is 0.573 e. The van der Waals surface area contributed by atoms with Crippen LogP contribution >= 0.6 is 36.4 Å². The third-order valence-corrected chi connectivity index (χ3v) is 5.06. The number of benzene rings is 2. The fourth-order valence-electron chi connectivity index (χ4n) is 3.52. The SMILES string of the molecule is Cl.Cl.FC(F)(F)Oc1ccc([C@@H](c2cc3c(cc2Cl)OCO3)N2CCNCC2)cc1. The van der Waals surface area contributed by atoms with Gasteiger partial charge < -0.3 is 19.5 Å². The molecule has 1 fully saturated rings. The molecular weight excluding hydrogens is 468 g/mol. The van der Waals surface area contributed by atoms with Crippen LogP contribution in [-0.2, 0) is 0 Å². The van der Waals surface area contributed by atoms with Crippen LogP contribution in [0, 0.1) is 0 Å². The van der Waals surface area contributed by atoms with E-state index in [0.29, 0.717) is 16.5 Å². The van der Waals surface area contributed by atoms with Crippen molar-refractivity contribution in [2.45, 2.75) is 12.4 Å². The average molecular weight is 488 g/mol. The molecule has 0 unspecified atom stereocenters. The molecular formula is C19H20Cl3F3N2O3. The maximum atomic E-state index is 12.5. The van der Waals surface area contributed by atoms with Crippen molar-refractivity contribution in [1.82, 2.24) is 10.2 Å². The highest BCUT2D eigenvalue weighted by molar-refractivity contribution is 6.31. The molecule has 2 aromatic rings. The molecule has 0 aliphatic carbocycles. The number of fused-ring (bicyclic) bond motifs is 1. The van der Waals surface area contributed by atoms with E-state index in [1.807, 2.05) is 6.07 Å². The lowest BCUT2D eigenvalue weighted by molar-refractivity contribution is -0.274. The van der Waals surface area contributed by atoms with E-state index in [2.05, 4.69) is 15.0 Å². The summed E-state index contributed by atoms with van der Waals surface area (Å²) in [5.74, 6) is 0.936. The van der Waals surface area contributed by atoms with Crippen LogP contribution < -0.4 is 19.5 Å². The lowest BCUT2D eigenvalue weighted by atomic mass is 9.95. The molecule has 5 nitrogen and oxygen atoms in total. The van der Waals surface area contributed by atoms with Crippen LogP contribution in [0.15, 0.2) is 36.4 Å². The van der Waals surface area contributed by atoms with Gasteiger partial charge in [0.15, 0.2) is 11.5 Å². The summed E-state index contributed by atoms with van der Waals surface area (Å²) >= 11 is 6.54. The van der Waals surface area contributed by atoms with Crippen LogP contribution in [0.5, 0.6) is 17.2 Å². The Balaban J connectivity index is 0.00000160. The summed E-state index contributed by atoms with van der Waals surface area (Å²) in [6.45, 7) is 3.31. The van der Waals surface area contributed by atoms with E-state index in [-0.39, 0.29) is 43.4 Å². The number of nitrogens with zero attached hydrogens (tertiary/aromatic N) is 1. The van der Waals surface area contributed by atoms with Gasteiger partial charge in [0.2, 0.25) is 6.79 Å². The molecule has 0 amide bonds. The zero-order valence-electron chi connectivity index (χ0n) is 15.6. The third kappa shape index (κ3) is 5.56. The molecule has 1 atom stereocenters. The topological polar surface area (TPSA) is 43.0 Å². The lowest BCUT2D eigenvalue weighted by Gasteiger charge is -2.36. The van der Waals surface area contributed by atoms with Crippen molar-refractivity contribution in [3.05, 3.63) is 52.5 Å². The Kier molecular flexibility index (Phi) is 8.35. The molecule has 0 bridgehead atoms. The van der Waals surface area contributed by atoms with Crippen molar-refractivity contribution in [2.75, 3.05) is 33.0 Å². The van der Waals surface area contributed by atoms with Gasteiger partial charge >= 0.3 is 6.36 Å². The molecule has 0 radical (unpaired) electrons. The van der Waals surface area contributed by atoms with E-state index >= 15 is 0 Å². The summed E-state index contributed by atoms with van der Waals surface area (Å²) in [4.78, 5) is 2.24. The Morgan fingerprint density at radius 3 is 2.20 bits per heavy atom. The van der Waals surface area contributed by atoms with Gasteiger partial charge in [0.25, 0.3) is 0 Å². The van der Waals surface area contributed by atoms with Gasteiger partial charge in [0.05, 0.1) is 6.04 Å². The number of hydrogen-bond acceptors (Lipinski definition) is 5. The molecule has 11 heteroatoms. The first-order chi connectivity index (χ1) is 13.4. The van der Waals surface area contributed by atoms with Crippen LogP contribution in [0.4, 0.5) is 13.2 Å². The van der Waals surface area contributed by atoms with E-state index in [1.54, 1.807) is 18.2 Å². The molecule has 2 aromatic carbocycles. The highest BCUT2D eigenvalue weighted by Crippen LogP contribution is 2.42. The van der Waals surface area contributed by atoms with Gasteiger partial charge in [-0.05, 0) is 29.3 Å². The molecule has 1 saturated heterocycles. The molecule has 0 spiro atoms. The second-order valence-corrected chi connectivity index (χ2v) is 6.94. The molecule has 2 heterocycles. The maximum absolute atomic E-state index is 12.5. The van der Waals surface area contributed by atoms with Gasteiger partial charge in [-0.15, -0.1) is 38.0 Å². The van der Waals surface area contributed by atoms with Crippen LogP contribution in [0.3, 0.4) is 0 Å². The minimum absolute atomic E-state index is 0. The number of ether oxygens (including phenoxy) is 3. The van der Waals surface area contributed by atoms with E-state index in [0.717, 1.165) is 37.3 Å². The Morgan fingerprint density at radius 2 is 1.60 bits per heavy atom. The summed E-state index contributed by atoms with van der Waals surface area (Å²) in [5.41, 5.74) is 1.63. The second kappa shape index (κ2) is 10.2. The summed E-state index contributed by atoms with van der Waals surface area (Å²) in [6, 6.07) is 9.23. The Morgan fingerprint density at radius 1 is 1.00 bits per heavy atom. The monoisotopic (exact) mass is 486 g/mol. The highest BCUT2D eigenvalue weighted by atomic mass is 35.5.